The van der Waals surface area contributed by atoms with Crippen LogP contribution in [0.2, 0.25) is 5.02 Å². The fourth-order valence-corrected chi connectivity index (χ4v) is 5.19. The number of rotatable bonds is 12. The van der Waals surface area contributed by atoms with E-state index in [1.54, 1.807) is 24.3 Å². The van der Waals surface area contributed by atoms with Crippen molar-refractivity contribution < 1.29 is 33.3 Å². The van der Waals surface area contributed by atoms with E-state index in [1.165, 1.54) is 6.08 Å². The number of hydrogen-bond donors (Lipinski definition) is 1. The number of carbonyl (C=O) groups excluding carboxylic acids is 3. The molecule has 0 radical (unpaired) electrons. The Hall–Kier alpha value is -5.28. The molecule has 0 unspecified atom stereocenters. The fourth-order valence-electron chi connectivity index (χ4n) is 4.92. The number of barbiturate groups is 1. The number of imide groups is 2. The number of hydrogen-bond acceptors (Lipinski definition) is 7. The molecule has 1 saturated heterocycles. The van der Waals surface area contributed by atoms with Crippen LogP contribution in [0.25, 0.3) is 6.08 Å². The van der Waals surface area contributed by atoms with Gasteiger partial charge in [0.15, 0.2) is 23.0 Å². The zero-order chi connectivity index (χ0) is 33.5. The van der Waals surface area contributed by atoms with Crippen molar-refractivity contribution in [1.29, 1.82) is 0 Å². The highest BCUT2D eigenvalue weighted by atomic mass is 35.5. The topological polar surface area (TPSA) is 103 Å². The number of halogens is 1. The largest absolute Gasteiger partial charge is 0.490 e. The molecule has 1 heterocycles. The molecule has 10 heteroatoms. The first kappa shape index (κ1) is 33.1. The minimum atomic E-state index is -0.819. The van der Waals surface area contributed by atoms with Crippen molar-refractivity contribution in [3.8, 4) is 23.0 Å². The summed E-state index contributed by atoms with van der Waals surface area (Å²) in [6, 6.07) is 23.0. The number of nitrogens with zero attached hydrogens (tertiary/aromatic N) is 1. The van der Waals surface area contributed by atoms with Gasteiger partial charge in [0, 0.05) is 0 Å². The molecule has 9 nitrogen and oxygen atoms in total. The van der Waals surface area contributed by atoms with Gasteiger partial charge >= 0.3 is 6.03 Å². The molecule has 242 valence electrons. The maximum Gasteiger partial charge on any atom is 0.335 e. The van der Waals surface area contributed by atoms with Crippen LogP contribution in [-0.2, 0) is 22.8 Å². The lowest BCUT2D eigenvalue weighted by atomic mass is 10.0. The van der Waals surface area contributed by atoms with Gasteiger partial charge in [-0.15, -0.1) is 0 Å². The van der Waals surface area contributed by atoms with Gasteiger partial charge in [-0.1, -0.05) is 54.1 Å². The third-order valence-electron chi connectivity index (χ3n) is 7.42. The molecule has 1 aliphatic rings. The van der Waals surface area contributed by atoms with Gasteiger partial charge in [0.2, 0.25) is 0 Å². The number of urea groups is 1. The molecule has 1 fully saturated rings. The van der Waals surface area contributed by atoms with E-state index in [0.29, 0.717) is 54.1 Å². The molecule has 0 atom stereocenters. The Morgan fingerprint density at radius 2 is 1.45 bits per heavy atom. The minimum Gasteiger partial charge on any atom is -0.490 e. The monoisotopic (exact) mass is 654 g/mol. The third kappa shape index (κ3) is 7.76. The fraction of sp³-hybridized carbons (Fsp3) is 0.216. The average Bonchev–Trinajstić information content (AvgIpc) is 3.04. The quantitative estimate of drug-likeness (QED) is 0.124. The summed E-state index contributed by atoms with van der Waals surface area (Å²) in [6.45, 7) is 8.84. The standard InChI is InChI=1S/C37H35ClN2O7/c1-5-44-32-19-26(13-15-31(32)46-21-25-10-8-7-9-11-25)22-47-34-30(38)18-27(20-33(34)45-6-2)17-29-35(41)39-37(43)40(36(29)42)28-14-12-23(3)24(4)16-28/h7-20H,5-6,21-22H2,1-4H3,(H,39,41,43)/b29-17-. The molecular formula is C37H35ClN2O7. The minimum absolute atomic E-state index is 0.146. The van der Waals surface area contributed by atoms with Gasteiger partial charge in [0.25, 0.3) is 11.8 Å². The van der Waals surface area contributed by atoms with Crippen LogP contribution in [0.1, 0.15) is 41.7 Å². The van der Waals surface area contributed by atoms with Gasteiger partial charge in [-0.25, -0.2) is 9.69 Å². The Balaban J connectivity index is 1.37. The molecule has 47 heavy (non-hydrogen) atoms. The van der Waals surface area contributed by atoms with Crippen LogP contribution in [0, 0.1) is 13.8 Å². The van der Waals surface area contributed by atoms with Crippen LogP contribution in [0.4, 0.5) is 10.5 Å². The smallest absolute Gasteiger partial charge is 0.335 e. The molecule has 1 aliphatic heterocycles. The second kappa shape index (κ2) is 14.9. The number of anilines is 1. The van der Waals surface area contributed by atoms with E-state index in [0.717, 1.165) is 27.2 Å². The lowest BCUT2D eigenvalue weighted by Crippen LogP contribution is -2.54. The summed E-state index contributed by atoms with van der Waals surface area (Å²) in [7, 11) is 0. The molecule has 4 aromatic carbocycles. The number of amides is 4. The van der Waals surface area contributed by atoms with E-state index in [9.17, 15) is 14.4 Å². The van der Waals surface area contributed by atoms with Crippen LogP contribution >= 0.6 is 11.6 Å². The Kier molecular flexibility index (Phi) is 10.5. The first-order valence-electron chi connectivity index (χ1n) is 15.2. The van der Waals surface area contributed by atoms with E-state index >= 15 is 0 Å². The molecule has 4 amide bonds. The molecular weight excluding hydrogens is 620 g/mol. The van der Waals surface area contributed by atoms with Crippen molar-refractivity contribution in [1.82, 2.24) is 5.32 Å². The Morgan fingerprint density at radius 1 is 0.723 bits per heavy atom. The SMILES string of the molecule is CCOc1cc(COc2c(Cl)cc(/C=C3/C(=O)NC(=O)N(c4ccc(C)c(C)c4)C3=O)cc2OCC)ccc1OCc1ccccc1. The lowest BCUT2D eigenvalue weighted by molar-refractivity contribution is -0.122. The van der Waals surface area contributed by atoms with Crippen LogP contribution < -0.4 is 29.2 Å². The van der Waals surface area contributed by atoms with Crippen LogP contribution in [-0.4, -0.2) is 31.1 Å². The Morgan fingerprint density at radius 3 is 2.17 bits per heavy atom. The number of aryl methyl sites for hydroxylation is 2. The molecule has 1 N–H and O–H groups in total. The highest BCUT2D eigenvalue weighted by Crippen LogP contribution is 2.39. The highest BCUT2D eigenvalue weighted by molar-refractivity contribution is 6.39. The van der Waals surface area contributed by atoms with Crippen LogP contribution in [0.5, 0.6) is 23.0 Å². The summed E-state index contributed by atoms with van der Waals surface area (Å²) in [5.41, 5.74) is 4.30. The summed E-state index contributed by atoms with van der Waals surface area (Å²) in [5, 5.41) is 2.46. The van der Waals surface area contributed by atoms with E-state index in [2.05, 4.69) is 5.32 Å². The van der Waals surface area contributed by atoms with Crippen molar-refractivity contribution in [3.63, 3.8) is 0 Å². The second-order valence-corrected chi connectivity index (χ2v) is 11.2. The van der Waals surface area contributed by atoms with E-state index < -0.39 is 17.8 Å². The first-order chi connectivity index (χ1) is 22.7. The molecule has 0 bridgehead atoms. The second-order valence-electron chi connectivity index (χ2n) is 10.8. The Labute approximate surface area is 278 Å². The van der Waals surface area contributed by atoms with E-state index in [-0.39, 0.29) is 17.2 Å². The summed E-state index contributed by atoms with van der Waals surface area (Å²) in [6.07, 6.45) is 1.37. The molecule has 5 rings (SSSR count). The van der Waals surface area contributed by atoms with Crippen molar-refractivity contribution in [2.75, 3.05) is 18.1 Å². The van der Waals surface area contributed by atoms with Crippen LogP contribution in [0.3, 0.4) is 0 Å². The summed E-state index contributed by atoms with van der Waals surface area (Å²) < 4.78 is 23.8. The van der Waals surface area contributed by atoms with E-state index in [1.807, 2.05) is 82.3 Å². The molecule has 0 aromatic heterocycles. The molecule has 0 spiro atoms. The number of benzene rings is 4. The van der Waals surface area contributed by atoms with Gasteiger partial charge in [0.05, 0.1) is 23.9 Å². The lowest BCUT2D eigenvalue weighted by Gasteiger charge is -2.27. The normalized spacial score (nSPS) is 13.9. The van der Waals surface area contributed by atoms with Crippen molar-refractivity contribution in [3.05, 3.63) is 117 Å². The zero-order valence-electron chi connectivity index (χ0n) is 26.6. The maximum absolute atomic E-state index is 13.4. The molecule has 4 aromatic rings. The van der Waals surface area contributed by atoms with Crippen molar-refractivity contribution >= 4 is 41.2 Å². The number of carbonyl (C=O) groups is 3. The molecule has 0 aliphatic carbocycles. The van der Waals surface area contributed by atoms with Crippen LogP contribution in [0.15, 0.2) is 84.4 Å². The number of ether oxygens (including phenoxy) is 4. The summed E-state index contributed by atoms with van der Waals surface area (Å²) in [5.74, 6) is 0.263. The maximum atomic E-state index is 13.4. The van der Waals surface area contributed by atoms with Gasteiger partial charge in [-0.05, 0) is 98.0 Å². The van der Waals surface area contributed by atoms with Gasteiger partial charge < -0.3 is 18.9 Å². The third-order valence-corrected chi connectivity index (χ3v) is 7.70. The predicted molar refractivity (Wildman–Crippen MR) is 180 cm³/mol. The summed E-state index contributed by atoms with van der Waals surface area (Å²) >= 11 is 6.68. The van der Waals surface area contributed by atoms with Crippen molar-refractivity contribution in [2.45, 2.75) is 40.9 Å². The number of nitrogens with one attached hydrogen (secondary N) is 1. The van der Waals surface area contributed by atoms with Gasteiger partial charge in [-0.2, -0.15) is 0 Å². The molecule has 0 saturated carbocycles. The van der Waals surface area contributed by atoms with Crippen molar-refractivity contribution in [2.24, 2.45) is 0 Å². The zero-order valence-corrected chi connectivity index (χ0v) is 27.4. The van der Waals surface area contributed by atoms with Gasteiger partial charge in [-0.3, -0.25) is 14.9 Å². The average molecular weight is 655 g/mol. The predicted octanol–water partition coefficient (Wildman–Crippen LogP) is 7.58. The first-order valence-corrected chi connectivity index (χ1v) is 15.6. The Bertz CT molecular complexity index is 1840. The van der Waals surface area contributed by atoms with Gasteiger partial charge in [0.1, 0.15) is 18.8 Å². The highest BCUT2D eigenvalue weighted by Gasteiger charge is 2.37. The summed E-state index contributed by atoms with van der Waals surface area (Å²) in [4.78, 5) is 39.9. The van der Waals surface area contributed by atoms with E-state index in [4.69, 9.17) is 30.5 Å².